The summed E-state index contributed by atoms with van der Waals surface area (Å²) in [7, 11) is 0. The van der Waals surface area contributed by atoms with E-state index in [0.29, 0.717) is 12.3 Å². The molecule has 2 amide bonds. The van der Waals surface area contributed by atoms with Crippen molar-refractivity contribution in [1.29, 1.82) is 0 Å². The average molecular weight is 300 g/mol. The summed E-state index contributed by atoms with van der Waals surface area (Å²) in [4.78, 5) is 23.2. The van der Waals surface area contributed by atoms with Gasteiger partial charge >= 0.3 is 6.18 Å². The molecule has 0 saturated heterocycles. The summed E-state index contributed by atoms with van der Waals surface area (Å²) in [5.41, 5.74) is 4.45. The maximum absolute atomic E-state index is 12.4. The van der Waals surface area contributed by atoms with Crippen molar-refractivity contribution in [3.63, 3.8) is 0 Å². The normalized spacial score (nSPS) is 16.3. The van der Waals surface area contributed by atoms with Crippen LogP contribution in [0.5, 0.6) is 0 Å². The van der Waals surface area contributed by atoms with E-state index in [1.807, 2.05) is 0 Å². The molecule has 0 unspecified atom stereocenters. The Morgan fingerprint density at radius 2 is 1.81 bits per heavy atom. The number of primary amides is 1. The molecule has 1 atom stereocenters. The maximum Gasteiger partial charge on any atom is 0.416 e. The van der Waals surface area contributed by atoms with Gasteiger partial charge in [0.25, 0.3) is 5.91 Å². The monoisotopic (exact) mass is 300 g/mol. The summed E-state index contributed by atoms with van der Waals surface area (Å²) in [6.07, 6.45) is -1.97. The van der Waals surface area contributed by atoms with Gasteiger partial charge in [0.15, 0.2) is 0 Å². The van der Waals surface area contributed by atoms with E-state index in [9.17, 15) is 22.8 Å². The Labute approximate surface area is 119 Å². The molecule has 1 aliphatic rings. The van der Waals surface area contributed by atoms with Gasteiger partial charge in [-0.25, -0.2) is 0 Å². The average Bonchev–Trinajstić information content (AvgIpc) is 3.21. The van der Waals surface area contributed by atoms with Gasteiger partial charge in [0.05, 0.1) is 5.56 Å². The number of hydrogen-bond donors (Lipinski definition) is 2. The molecule has 1 aromatic rings. The van der Waals surface area contributed by atoms with Crippen LogP contribution in [0.3, 0.4) is 0 Å². The zero-order valence-electron chi connectivity index (χ0n) is 11.1. The number of rotatable bonds is 5. The Bertz CT molecular complexity index is 536. The van der Waals surface area contributed by atoms with Crippen LogP contribution >= 0.6 is 0 Å². The predicted molar refractivity (Wildman–Crippen MR) is 69.2 cm³/mol. The zero-order valence-corrected chi connectivity index (χ0v) is 11.1. The topological polar surface area (TPSA) is 72.2 Å². The first-order chi connectivity index (χ1) is 9.77. The second-order valence-corrected chi connectivity index (χ2v) is 5.18. The molecule has 114 valence electrons. The lowest BCUT2D eigenvalue weighted by Crippen LogP contribution is -2.44. The molecule has 0 radical (unpaired) electrons. The highest BCUT2D eigenvalue weighted by Crippen LogP contribution is 2.33. The minimum atomic E-state index is -4.45. The molecule has 1 saturated carbocycles. The molecule has 21 heavy (non-hydrogen) atoms. The van der Waals surface area contributed by atoms with Crippen molar-refractivity contribution < 1.29 is 22.8 Å². The van der Waals surface area contributed by atoms with Gasteiger partial charge in [0.2, 0.25) is 5.91 Å². The van der Waals surface area contributed by atoms with Crippen molar-refractivity contribution >= 4 is 11.8 Å². The number of halogens is 3. The van der Waals surface area contributed by atoms with Gasteiger partial charge in [0.1, 0.15) is 6.04 Å². The Kier molecular flexibility index (Phi) is 4.20. The van der Waals surface area contributed by atoms with Crippen molar-refractivity contribution in [2.45, 2.75) is 31.5 Å². The van der Waals surface area contributed by atoms with E-state index in [4.69, 9.17) is 5.73 Å². The van der Waals surface area contributed by atoms with Crippen LogP contribution in [0.1, 0.15) is 35.2 Å². The third-order valence-corrected chi connectivity index (χ3v) is 3.39. The number of nitrogens with two attached hydrogens (primary N) is 1. The van der Waals surface area contributed by atoms with E-state index in [2.05, 4.69) is 5.32 Å². The SMILES string of the molecule is NC(=O)[C@@H](CC1CC1)NC(=O)c1ccc(C(F)(F)F)cc1. The second-order valence-electron chi connectivity index (χ2n) is 5.18. The van der Waals surface area contributed by atoms with Crippen molar-refractivity contribution in [2.75, 3.05) is 0 Å². The number of nitrogens with one attached hydrogen (secondary N) is 1. The predicted octanol–water partition coefficient (Wildman–Crippen LogP) is 2.09. The van der Waals surface area contributed by atoms with Gasteiger partial charge in [-0.05, 0) is 36.6 Å². The van der Waals surface area contributed by atoms with Crippen LogP contribution in [0.25, 0.3) is 0 Å². The molecular weight excluding hydrogens is 285 g/mol. The fraction of sp³-hybridized carbons (Fsp3) is 0.429. The fourth-order valence-electron chi connectivity index (χ4n) is 1.99. The highest BCUT2D eigenvalue weighted by atomic mass is 19.4. The highest BCUT2D eigenvalue weighted by molar-refractivity contribution is 5.97. The van der Waals surface area contributed by atoms with Gasteiger partial charge in [-0.2, -0.15) is 13.2 Å². The molecule has 0 aliphatic heterocycles. The van der Waals surface area contributed by atoms with Crippen molar-refractivity contribution in [2.24, 2.45) is 11.7 Å². The standard InChI is InChI=1S/C14H15F3N2O2/c15-14(16,17)10-5-3-9(4-6-10)13(21)19-11(12(18)20)7-8-1-2-8/h3-6,8,11H,1-2,7H2,(H2,18,20)(H,19,21)/t11-/m1/s1. The van der Waals surface area contributed by atoms with Gasteiger partial charge < -0.3 is 11.1 Å². The summed E-state index contributed by atoms with van der Waals surface area (Å²) in [6.45, 7) is 0. The first-order valence-electron chi connectivity index (χ1n) is 6.55. The van der Waals surface area contributed by atoms with Crippen LogP contribution in [0.2, 0.25) is 0 Å². The molecule has 0 aromatic heterocycles. The van der Waals surface area contributed by atoms with Gasteiger partial charge in [-0.1, -0.05) is 12.8 Å². The largest absolute Gasteiger partial charge is 0.416 e. The first-order valence-corrected chi connectivity index (χ1v) is 6.55. The van der Waals surface area contributed by atoms with E-state index in [1.54, 1.807) is 0 Å². The lowest BCUT2D eigenvalue weighted by molar-refractivity contribution is -0.137. The maximum atomic E-state index is 12.4. The number of carbonyl (C=O) groups excluding carboxylic acids is 2. The highest BCUT2D eigenvalue weighted by Gasteiger charge is 2.31. The Morgan fingerprint density at radius 1 is 1.24 bits per heavy atom. The number of amides is 2. The quantitative estimate of drug-likeness (QED) is 0.874. The Hall–Kier alpha value is -2.05. The van der Waals surface area contributed by atoms with Crippen LogP contribution in [-0.2, 0) is 11.0 Å². The van der Waals surface area contributed by atoms with Crippen molar-refractivity contribution in [1.82, 2.24) is 5.32 Å². The van der Waals surface area contributed by atoms with E-state index in [1.165, 1.54) is 0 Å². The summed E-state index contributed by atoms with van der Waals surface area (Å²) in [5.74, 6) is -0.856. The zero-order chi connectivity index (χ0) is 15.6. The third kappa shape index (κ3) is 4.21. The molecule has 0 spiro atoms. The molecular formula is C14H15F3N2O2. The van der Waals surface area contributed by atoms with Gasteiger partial charge in [0, 0.05) is 5.56 Å². The number of alkyl halides is 3. The fourth-order valence-corrected chi connectivity index (χ4v) is 1.99. The third-order valence-electron chi connectivity index (χ3n) is 3.39. The van der Waals surface area contributed by atoms with Crippen LogP contribution in [-0.4, -0.2) is 17.9 Å². The van der Waals surface area contributed by atoms with Crippen LogP contribution in [0.15, 0.2) is 24.3 Å². The number of benzene rings is 1. The van der Waals surface area contributed by atoms with Crippen LogP contribution in [0.4, 0.5) is 13.2 Å². The number of hydrogen-bond acceptors (Lipinski definition) is 2. The Morgan fingerprint density at radius 3 is 2.24 bits per heavy atom. The van der Waals surface area contributed by atoms with Crippen molar-refractivity contribution in [3.8, 4) is 0 Å². The number of carbonyl (C=O) groups is 2. The minimum absolute atomic E-state index is 0.0602. The molecule has 4 nitrogen and oxygen atoms in total. The summed E-state index contributed by atoms with van der Waals surface area (Å²) in [5, 5.41) is 2.47. The molecule has 3 N–H and O–H groups in total. The first kappa shape index (κ1) is 15.3. The molecule has 1 aliphatic carbocycles. The van der Waals surface area contributed by atoms with Crippen LogP contribution < -0.4 is 11.1 Å². The van der Waals surface area contributed by atoms with E-state index >= 15 is 0 Å². The second kappa shape index (κ2) is 5.75. The Balaban J connectivity index is 2.03. The molecule has 1 aromatic carbocycles. The van der Waals surface area contributed by atoms with E-state index in [-0.39, 0.29) is 5.56 Å². The van der Waals surface area contributed by atoms with Gasteiger partial charge in [-0.15, -0.1) is 0 Å². The lowest BCUT2D eigenvalue weighted by atomic mass is 10.1. The molecule has 1 fully saturated rings. The van der Waals surface area contributed by atoms with Crippen LogP contribution in [0, 0.1) is 5.92 Å². The lowest BCUT2D eigenvalue weighted by Gasteiger charge is -2.15. The molecule has 7 heteroatoms. The van der Waals surface area contributed by atoms with Gasteiger partial charge in [-0.3, -0.25) is 9.59 Å². The smallest absolute Gasteiger partial charge is 0.368 e. The van der Waals surface area contributed by atoms with E-state index in [0.717, 1.165) is 37.1 Å². The molecule has 0 bridgehead atoms. The summed E-state index contributed by atoms with van der Waals surface area (Å²) in [6, 6.07) is 3.03. The molecule has 0 heterocycles. The summed E-state index contributed by atoms with van der Waals surface area (Å²) >= 11 is 0. The van der Waals surface area contributed by atoms with Crippen molar-refractivity contribution in [3.05, 3.63) is 35.4 Å². The van der Waals surface area contributed by atoms with E-state index < -0.39 is 29.6 Å². The minimum Gasteiger partial charge on any atom is -0.368 e. The molecule has 2 rings (SSSR count). The summed E-state index contributed by atoms with van der Waals surface area (Å²) < 4.78 is 37.3.